The normalized spacial score (nSPS) is 10.9. The number of benzene rings is 1. The molecule has 0 fully saturated rings. The van der Waals surface area contributed by atoms with Crippen molar-refractivity contribution in [2.45, 2.75) is 4.90 Å². The van der Waals surface area contributed by atoms with Gasteiger partial charge in [0.1, 0.15) is 5.75 Å². The van der Waals surface area contributed by atoms with Crippen LogP contribution < -0.4 is 4.65 Å². The van der Waals surface area contributed by atoms with Crippen molar-refractivity contribution in [3.63, 3.8) is 0 Å². The van der Waals surface area contributed by atoms with E-state index in [2.05, 4.69) is 4.65 Å². The Morgan fingerprint density at radius 3 is 2.23 bits per heavy atom. The lowest BCUT2D eigenvalue weighted by Gasteiger charge is -2.01. The van der Waals surface area contributed by atoms with Crippen molar-refractivity contribution in [2.24, 2.45) is 0 Å². The maximum atomic E-state index is 11.0. The molecule has 1 rings (SSSR count). The smallest absolute Gasteiger partial charge is 0.537 e. The van der Waals surface area contributed by atoms with Crippen LogP contribution in [0.2, 0.25) is 0 Å². The van der Waals surface area contributed by atoms with Crippen LogP contribution >= 0.6 is 0 Å². The molecule has 0 saturated carbocycles. The third-order valence-electron chi connectivity index (χ3n) is 1.44. The molecule has 0 atom stereocenters. The maximum Gasteiger partial charge on any atom is 0.569 e. The van der Waals surface area contributed by atoms with Gasteiger partial charge in [0.05, 0.1) is 4.90 Å². The molecule has 0 aromatic heterocycles. The number of hydrogen-bond acceptors (Lipinski definition) is 4. The predicted molar refractivity (Wildman–Crippen MR) is 48.2 cm³/mol. The lowest BCUT2D eigenvalue weighted by molar-refractivity contribution is 0.453. The van der Waals surface area contributed by atoms with Crippen molar-refractivity contribution >= 4 is 17.5 Å². The van der Waals surface area contributed by atoms with Crippen LogP contribution in [-0.2, 0) is 9.84 Å². The quantitative estimate of drug-likeness (QED) is 0.695. The van der Waals surface area contributed by atoms with Gasteiger partial charge in [0.2, 0.25) is 0 Å². The first-order valence-corrected chi connectivity index (χ1v) is 5.36. The summed E-state index contributed by atoms with van der Waals surface area (Å²) in [5.41, 5.74) is 0. The fourth-order valence-corrected chi connectivity index (χ4v) is 1.46. The SMILES string of the molecule is CS(=O)(=O)c1ccc(O[B]O)cc1. The highest BCUT2D eigenvalue weighted by Crippen LogP contribution is 2.14. The van der Waals surface area contributed by atoms with E-state index in [-0.39, 0.29) is 4.90 Å². The lowest BCUT2D eigenvalue weighted by Crippen LogP contribution is -2.01. The van der Waals surface area contributed by atoms with E-state index in [1.54, 1.807) is 0 Å². The second-order valence-corrected chi connectivity index (χ2v) is 4.48. The van der Waals surface area contributed by atoms with Crippen LogP contribution in [0.25, 0.3) is 0 Å². The minimum absolute atomic E-state index is 0.220. The van der Waals surface area contributed by atoms with Crippen LogP contribution in [0.4, 0.5) is 0 Å². The van der Waals surface area contributed by atoms with Crippen molar-refractivity contribution in [3.8, 4) is 5.75 Å². The molecule has 1 aromatic rings. The van der Waals surface area contributed by atoms with Crippen molar-refractivity contribution in [1.29, 1.82) is 0 Å². The summed E-state index contributed by atoms with van der Waals surface area (Å²) in [6, 6.07) is 5.74. The minimum Gasteiger partial charge on any atom is -0.537 e. The van der Waals surface area contributed by atoms with Crippen LogP contribution in [0.5, 0.6) is 5.75 Å². The fourth-order valence-electron chi connectivity index (χ4n) is 0.826. The molecule has 13 heavy (non-hydrogen) atoms. The number of sulfone groups is 1. The Bertz CT molecular complexity index is 370. The molecule has 0 bridgehead atoms. The largest absolute Gasteiger partial charge is 0.569 e. The highest BCUT2D eigenvalue weighted by Gasteiger charge is 2.05. The Morgan fingerprint density at radius 2 is 1.85 bits per heavy atom. The third-order valence-corrected chi connectivity index (χ3v) is 2.57. The van der Waals surface area contributed by atoms with Crippen molar-refractivity contribution < 1.29 is 18.1 Å². The molecule has 1 N–H and O–H groups in total. The van der Waals surface area contributed by atoms with Crippen molar-refractivity contribution in [3.05, 3.63) is 24.3 Å². The fraction of sp³-hybridized carbons (Fsp3) is 0.143. The summed E-state index contributed by atoms with van der Waals surface area (Å²) in [5.74, 6) is 0.384. The molecule has 1 aromatic carbocycles. The van der Waals surface area contributed by atoms with Gasteiger partial charge in [-0.3, -0.25) is 0 Å². The third kappa shape index (κ3) is 2.75. The Morgan fingerprint density at radius 1 is 1.31 bits per heavy atom. The summed E-state index contributed by atoms with van der Waals surface area (Å²) in [6.07, 6.45) is 1.13. The number of hydrogen-bond donors (Lipinski definition) is 1. The average molecular weight is 199 g/mol. The van der Waals surface area contributed by atoms with Gasteiger partial charge >= 0.3 is 7.69 Å². The molecular weight excluding hydrogens is 191 g/mol. The molecule has 0 aliphatic carbocycles. The van der Waals surface area contributed by atoms with E-state index in [1.165, 1.54) is 24.3 Å². The van der Waals surface area contributed by atoms with Crippen LogP contribution in [-0.4, -0.2) is 27.4 Å². The Kier molecular flexibility index (Phi) is 2.95. The van der Waals surface area contributed by atoms with Gasteiger partial charge in [-0.05, 0) is 24.3 Å². The summed E-state index contributed by atoms with van der Waals surface area (Å²) in [4.78, 5) is 0.220. The molecule has 0 spiro atoms. The monoisotopic (exact) mass is 199 g/mol. The standard InChI is InChI=1S/C7H8BO4S/c1-13(10,11)7-4-2-6(3-5-7)12-8-9/h2-5,9H,1H3. The van der Waals surface area contributed by atoms with E-state index in [0.29, 0.717) is 13.4 Å². The Hall–Kier alpha value is -1.01. The Labute approximate surface area is 77.4 Å². The van der Waals surface area contributed by atoms with Crippen molar-refractivity contribution in [2.75, 3.05) is 6.26 Å². The summed E-state index contributed by atoms with van der Waals surface area (Å²) in [5, 5.41) is 8.28. The summed E-state index contributed by atoms with van der Waals surface area (Å²) in [7, 11) is -2.63. The maximum absolute atomic E-state index is 11.0. The highest BCUT2D eigenvalue weighted by molar-refractivity contribution is 7.90. The molecule has 0 aliphatic rings. The van der Waals surface area contributed by atoms with E-state index in [4.69, 9.17) is 5.02 Å². The lowest BCUT2D eigenvalue weighted by atomic mass is 10.3. The molecule has 0 unspecified atom stereocenters. The van der Waals surface area contributed by atoms with E-state index in [1.807, 2.05) is 0 Å². The minimum atomic E-state index is -3.16. The van der Waals surface area contributed by atoms with E-state index < -0.39 is 9.84 Å². The van der Waals surface area contributed by atoms with E-state index in [9.17, 15) is 8.42 Å². The van der Waals surface area contributed by atoms with E-state index in [0.717, 1.165) is 6.26 Å². The number of rotatable bonds is 3. The topological polar surface area (TPSA) is 63.6 Å². The summed E-state index contributed by atoms with van der Waals surface area (Å²) >= 11 is 0. The molecule has 4 nitrogen and oxygen atoms in total. The molecule has 0 aliphatic heterocycles. The molecular formula is C7H8BO4S. The zero-order chi connectivity index (χ0) is 9.90. The summed E-state index contributed by atoms with van der Waals surface area (Å²) < 4.78 is 26.6. The molecule has 0 saturated heterocycles. The van der Waals surface area contributed by atoms with Gasteiger partial charge in [-0.15, -0.1) is 0 Å². The average Bonchev–Trinajstić information content (AvgIpc) is 2.04. The summed E-state index contributed by atoms with van der Waals surface area (Å²) in [6.45, 7) is 0. The van der Waals surface area contributed by atoms with Crippen LogP contribution in [0.15, 0.2) is 29.2 Å². The first kappa shape index (κ1) is 10.1. The molecule has 6 heteroatoms. The highest BCUT2D eigenvalue weighted by atomic mass is 32.2. The van der Waals surface area contributed by atoms with Gasteiger partial charge in [-0.2, -0.15) is 0 Å². The second kappa shape index (κ2) is 3.80. The van der Waals surface area contributed by atoms with Gasteiger partial charge in [0.15, 0.2) is 9.84 Å². The van der Waals surface area contributed by atoms with Crippen LogP contribution in [0.3, 0.4) is 0 Å². The van der Waals surface area contributed by atoms with Gasteiger partial charge in [0.25, 0.3) is 0 Å². The second-order valence-electron chi connectivity index (χ2n) is 2.47. The Balaban J connectivity index is 2.94. The first-order chi connectivity index (χ1) is 6.04. The van der Waals surface area contributed by atoms with Crippen LogP contribution in [0, 0.1) is 0 Å². The molecule has 1 radical (unpaired) electrons. The zero-order valence-corrected chi connectivity index (χ0v) is 7.78. The molecule has 69 valence electrons. The predicted octanol–water partition coefficient (Wildman–Crippen LogP) is -0.00460. The molecule has 0 amide bonds. The van der Waals surface area contributed by atoms with Crippen molar-refractivity contribution in [1.82, 2.24) is 0 Å². The van der Waals surface area contributed by atoms with Crippen LogP contribution in [0.1, 0.15) is 0 Å². The van der Waals surface area contributed by atoms with Gasteiger partial charge in [-0.1, -0.05) is 0 Å². The molecule has 0 heterocycles. The van der Waals surface area contributed by atoms with Gasteiger partial charge < -0.3 is 9.68 Å². The van der Waals surface area contributed by atoms with E-state index >= 15 is 0 Å². The van der Waals surface area contributed by atoms with Gasteiger partial charge in [-0.25, -0.2) is 8.42 Å². The zero-order valence-electron chi connectivity index (χ0n) is 6.97. The first-order valence-electron chi connectivity index (χ1n) is 3.47. The van der Waals surface area contributed by atoms with Gasteiger partial charge in [0, 0.05) is 6.26 Å².